The molecule has 0 unspecified atom stereocenters. The Morgan fingerprint density at radius 2 is 1.64 bits per heavy atom. The van der Waals surface area contributed by atoms with Gasteiger partial charge in [-0.05, 0) is 59.0 Å². The molecule has 5 aliphatic rings. The zero-order chi connectivity index (χ0) is 31.6. The van der Waals surface area contributed by atoms with Crippen LogP contribution in [0.3, 0.4) is 0 Å². The maximum atomic E-state index is 14.3. The van der Waals surface area contributed by atoms with E-state index in [1.807, 2.05) is 18.2 Å². The Morgan fingerprint density at radius 1 is 0.933 bits per heavy atom. The number of carbonyl (C=O) groups excluding carboxylic acids is 4. The van der Waals surface area contributed by atoms with Gasteiger partial charge in [0.15, 0.2) is 11.6 Å². The lowest BCUT2D eigenvalue weighted by Crippen LogP contribution is -2.39. The largest absolute Gasteiger partial charge is 0.507 e. The van der Waals surface area contributed by atoms with Crippen molar-refractivity contribution in [3.8, 4) is 17.2 Å². The lowest BCUT2D eigenvalue weighted by Gasteiger charge is -2.42. The number of Topliss-reactive ketones (excluding diaryl/α,β-unsaturated/α-hetero) is 1. The maximum Gasteiger partial charge on any atom is 0.238 e. The molecule has 0 aromatic heterocycles. The molecular formula is C34H31BrN2O8. The Balaban J connectivity index is 1.30. The number of rotatable bonds is 5. The van der Waals surface area contributed by atoms with Gasteiger partial charge in [-0.3, -0.25) is 24.1 Å². The van der Waals surface area contributed by atoms with Crippen LogP contribution in [0.25, 0.3) is 0 Å². The molecule has 2 heterocycles. The second-order valence-electron chi connectivity index (χ2n) is 11.8. The molecule has 2 fully saturated rings. The Bertz CT molecular complexity index is 1740. The molecule has 2 amide bonds. The van der Waals surface area contributed by atoms with Crippen molar-refractivity contribution in [2.45, 2.75) is 18.8 Å². The zero-order valence-corrected chi connectivity index (χ0v) is 26.3. The topological polar surface area (TPSA) is 123 Å². The normalized spacial score (nSPS) is 26.3. The molecule has 2 aromatic carbocycles. The van der Waals surface area contributed by atoms with Crippen LogP contribution in [0.15, 0.2) is 69.8 Å². The summed E-state index contributed by atoms with van der Waals surface area (Å²) in [6.45, 7) is 2.82. The average molecular weight is 676 g/mol. The molecule has 4 atom stereocenters. The maximum absolute atomic E-state index is 14.3. The van der Waals surface area contributed by atoms with Gasteiger partial charge in [-0.1, -0.05) is 11.6 Å². The van der Waals surface area contributed by atoms with Crippen molar-refractivity contribution >= 4 is 50.7 Å². The Morgan fingerprint density at radius 3 is 2.33 bits per heavy atom. The number of imide groups is 1. The van der Waals surface area contributed by atoms with Crippen LogP contribution in [0.5, 0.6) is 17.2 Å². The van der Waals surface area contributed by atoms with E-state index >= 15 is 0 Å². The molecule has 3 aliphatic carbocycles. The number of fused-ring (bicyclic) bond motifs is 3. The van der Waals surface area contributed by atoms with E-state index in [-0.39, 0.29) is 63.4 Å². The number of hydrogen-bond donors (Lipinski definition) is 1. The first-order valence-electron chi connectivity index (χ1n) is 14.9. The zero-order valence-electron chi connectivity index (χ0n) is 24.7. The van der Waals surface area contributed by atoms with E-state index in [0.717, 1.165) is 18.8 Å². The van der Waals surface area contributed by atoms with E-state index in [9.17, 15) is 24.3 Å². The van der Waals surface area contributed by atoms with Gasteiger partial charge >= 0.3 is 0 Å². The van der Waals surface area contributed by atoms with Gasteiger partial charge in [0.1, 0.15) is 17.2 Å². The summed E-state index contributed by atoms with van der Waals surface area (Å²) in [7, 11) is 2.91. The molecule has 11 heteroatoms. The van der Waals surface area contributed by atoms with Crippen LogP contribution in [0.4, 0.5) is 11.4 Å². The van der Waals surface area contributed by atoms with Crippen molar-refractivity contribution in [2.24, 2.45) is 17.8 Å². The number of halogens is 1. The van der Waals surface area contributed by atoms with E-state index in [4.69, 9.17) is 14.2 Å². The van der Waals surface area contributed by atoms with Gasteiger partial charge < -0.3 is 24.2 Å². The van der Waals surface area contributed by atoms with E-state index in [1.54, 1.807) is 18.2 Å². The minimum atomic E-state index is -0.862. The second kappa shape index (κ2) is 11.3. The van der Waals surface area contributed by atoms with Gasteiger partial charge in [0, 0.05) is 59.6 Å². The lowest BCUT2D eigenvalue weighted by atomic mass is 9.59. The molecule has 0 spiro atoms. The molecule has 7 rings (SSSR count). The van der Waals surface area contributed by atoms with Crippen LogP contribution in [0.1, 0.15) is 24.3 Å². The molecule has 1 N–H and O–H groups in total. The molecule has 45 heavy (non-hydrogen) atoms. The first kappa shape index (κ1) is 29.5. The summed E-state index contributed by atoms with van der Waals surface area (Å²) in [5.74, 6) is -3.65. The highest BCUT2D eigenvalue weighted by Gasteiger charge is 2.57. The van der Waals surface area contributed by atoms with Crippen LogP contribution in [0, 0.1) is 17.8 Å². The molecule has 0 saturated carbocycles. The lowest BCUT2D eigenvalue weighted by molar-refractivity contribution is -0.123. The number of phenolic OH excluding ortho intramolecular Hbond substituents is 1. The summed E-state index contributed by atoms with van der Waals surface area (Å²) in [5.41, 5.74) is 3.02. The fourth-order valence-electron chi connectivity index (χ4n) is 7.59. The predicted octanol–water partition coefficient (Wildman–Crippen LogP) is 4.21. The summed E-state index contributed by atoms with van der Waals surface area (Å²) in [6.07, 6.45) is 3.56. The average Bonchev–Trinajstić information content (AvgIpc) is 3.32. The van der Waals surface area contributed by atoms with Crippen LogP contribution in [-0.4, -0.2) is 69.0 Å². The van der Waals surface area contributed by atoms with Gasteiger partial charge in [-0.2, -0.15) is 0 Å². The number of anilines is 2. The number of hydrogen-bond acceptors (Lipinski definition) is 9. The summed E-state index contributed by atoms with van der Waals surface area (Å²) in [4.78, 5) is 58.7. The van der Waals surface area contributed by atoms with Crippen LogP contribution in [-0.2, 0) is 23.9 Å². The van der Waals surface area contributed by atoms with Gasteiger partial charge in [-0.15, -0.1) is 0 Å². The monoisotopic (exact) mass is 674 g/mol. The van der Waals surface area contributed by atoms with Gasteiger partial charge in [0.05, 0.1) is 49.4 Å². The second-order valence-corrected chi connectivity index (χ2v) is 12.6. The van der Waals surface area contributed by atoms with Gasteiger partial charge in [-0.25, -0.2) is 0 Å². The number of aromatic hydroxyl groups is 1. The summed E-state index contributed by atoms with van der Waals surface area (Å²) >= 11 is 3.25. The smallest absolute Gasteiger partial charge is 0.238 e. The molecule has 232 valence electrons. The minimum Gasteiger partial charge on any atom is -0.507 e. The number of carbonyl (C=O) groups is 4. The first-order chi connectivity index (χ1) is 21.7. The third kappa shape index (κ3) is 4.63. The number of ether oxygens (including phenoxy) is 3. The number of benzene rings is 2. The molecule has 2 saturated heterocycles. The Labute approximate surface area is 268 Å². The van der Waals surface area contributed by atoms with Crippen molar-refractivity contribution in [3.63, 3.8) is 0 Å². The van der Waals surface area contributed by atoms with E-state index in [2.05, 4.69) is 20.8 Å². The highest BCUT2D eigenvalue weighted by molar-refractivity contribution is 9.12. The molecule has 10 nitrogen and oxygen atoms in total. The van der Waals surface area contributed by atoms with Crippen molar-refractivity contribution < 1.29 is 38.5 Å². The third-order valence-corrected chi connectivity index (χ3v) is 10.2. The van der Waals surface area contributed by atoms with E-state index in [1.165, 1.54) is 31.3 Å². The van der Waals surface area contributed by atoms with Gasteiger partial charge in [0.2, 0.25) is 11.8 Å². The van der Waals surface area contributed by atoms with Crippen LogP contribution >= 0.6 is 15.9 Å². The van der Waals surface area contributed by atoms with Crippen molar-refractivity contribution in [1.82, 2.24) is 0 Å². The molecular weight excluding hydrogens is 644 g/mol. The van der Waals surface area contributed by atoms with Gasteiger partial charge in [0.25, 0.3) is 0 Å². The highest BCUT2D eigenvalue weighted by Crippen LogP contribution is 2.58. The number of phenols is 1. The third-order valence-electron chi connectivity index (χ3n) is 9.65. The minimum absolute atomic E-state index is 0.119. The fraction of sp³-hybridized carbons (Fsp3) is 0.353. The van der Waals surface area contributed by atoms with Crippen molar-refractivity contribution in [3.05, 3.63) is 75.3 Å². The van der Waals surface area contributed by atoms with E-state index < -0.39 is 23.7 Å². The fourth-order valence-corrected chi connectivity index (χ4v) is 8.04. The predicted molar refractivity (Wildman–Crippen MR) is 168 cm³/mol. The summed E-state index contributed by atoms with van der Waals surface area (Å²) in [5, 5.41) is 11.3. The van der Waals surface area contributed by atoms with Crippen LogP contribution < -0.4 is 19.3 Å². The summed E-state index contributed by atoms with van der Waals surface area (Å²) in [6, 6.07) is 10.5. The number of morpholine rings is 1. The number of ketones is 2. The molecule has 2 aliphatic heterocycles. The molecule has 2 aromatic rings. The number of allylic oxidation sites excluding steroid dienone is 6. The molecule has 0 bridgehead atoms. The van der Waals surface area contributed by atoms with E-state index in [0.29, 0.717) is 35.8 Å². The SMILES string of the molecule is COc1cc(O)c([C@H]2C3=CC[C@@H]4C(=O)N(c5ccc(N6CCOCC6)cc5)C(=O)[C@@H]4[C@@H]3CC3=C2C(=O)C=C(Br)C3=O)c(OC)c1. The standard InChI is InChI=1S/C34H31BrN2O8/c1-43-19-13-25(38)31(27(14-19)44-2)30-20-7-8-21-28(22(20)15-23-29(30)26(39)16-24(35)32(23)40)34(42)37(33(21)41)18-5-3-17(4-6-18)36-9-11-45-12-10-36/h3-7,13-14,16,21-22,28,30,38H,8-12,15H2,1-2H3/t21-,22+,28-,30-/m0/s1. The Kier molecular flexibility index (Phi) is 7.40. The van der Waals surface area contributed by atoms with Crippen molar-refractivity contribution in [1.29, 1.82) is 0 Å². The summed E-state index contributed by atoms with van der Waals surface area (Å²) < 4.78 is 16.6. The number of methoxy groups -OCH3 is 2. The number of nitrogens with zero attached hydrogens (tertiary/aromatic N) is 2. The number of amides is 2. The van der Waals surface area contributed by atoms with Crippen molar-refractivity contribution in [2.75, 3.05) is 50.3 Å². The van der Waals surface area contributed by atoms with Crippen LogP contribution in [0.2, 0.25) is 0 Å². The molecule has 0 radical (unpaired) electrons. The highest BCUT2D eigenvalue weighted by atomic mass is 79.9. The first-order valence-corrected chi connectivity index (χ1v) is 15.7. The Hall–Kier alpha value is -4.22. The quantitative estimate of drug-likeness (QED) is 0.282.